The molecule has 0 saturated heterocycles. The van der Waals surface area contributed by atoms with Gasteiger partial charge in [0.25, 0.3) is 0 Å². The molecule has 0 bridgehead atoms. The second kappa shape index (κ2) is 14.3. The zero-order chi connectivity index (χ0) is 21.0. The summed E-state index contributed by atoms with van der Waals surface area (Å²) in [6.45, 7) is 4.61. The van der Waals surface area contributed by atoms with Crippen LogP contribution in [0.15, 0.2) is 42.5 Å². The Balaban J connectivity index is 0.00000341. The summed E-state index contributed by atoms with van der Waals surface area (Å²) in [5, 5.41) is 2.77. The van der Waals surface area contributed by atoms with Crippen molar-refractivity contribution >= 4 is 21.8 Å². The maximum Gasteiger partial charge on any atom is 0.0500 e. The number of hydrogen-bond donors (Lipinski definition) is 2. The van der Waals surface area contributed by atoms with Crippen molar-refractivity contribution in [1.29, 1.82) is 0 Å². The van der Waals surface area contributed by atoms with Crippen LogP contribution in [0.25, 0.3) is 21.8 Å². The molecular weight excluding hydrogens is 376 g/mol. The average Bonchev–Trinajstić information content (AvgIpc) is 3.16. The fraction of sp³-hybridized carbons (Fsp3) is 0.586. The minimum absolute atomic E-state index is 0. The maximum atomic E-state index is 3.76. The van der Waals surface area contributed by atoms with E-state index >= 15 is 0 Å². The molecule has 0 aliphatic rings. The summed E-state index contributed by atoms with van der Waals surface area (Å²) in [6.07, 6.45) is 19.4. The Morgan fingerprint density at radius 2 is 1.16 bits per heavy atom. The third-order valence-electron chi connectivity index (χ3n) is 6.83. The van der Waals surface area contributed by atoms with Gasteiger partial charge in [-0.1, -0.05) is 127 Å². The van der Waals surface area contributed by atoms with Gasteiger partial charge in [0, 0.05) is 21.8 Å². The van der Waals surface area contributed by atoms with E-state index in [9.17, 15) is 0 Å². The van der Waals surface area contributed by atoms with Gasteiger partial charge < -0.3 is 11.1 Å². The monoisotopic (exact) mass is 422 g/mol. The van der Waals surface area contributed by atoms with Gasteiger partial charge in [-0.3, -0.25) is 0 Å². The van der Waals surface area contributed by atoms with Gasteiger partial charge in [0.2, 0.25) is 0 Å². The average molecular weight is 423 g/mol. The molecule has 0 aliphatic carbocycles. The number of aromatic amines is 1. The van der Waals surface area contributed by atoms with Crippen molar-refractivity contribution < 1.29 is 0 Å². The molecule has 4 N–H and O–H groups in total. The summed E-state index contributed by atoms with van der Waals surface area (Å²) in [5.74, 6) is 0.694. The lowest BCUT2D eigenvalue weighted by Gasteiger charge is -2.19. The van der Waals surface area contributed by atoms with E-state index in [2.05, 4.69) is 61.3 Å². The molecule has 2 aromatic carbocycles. The third kappa shape index (κ3) is 7.38. The molecule has 31 heavy (non-hydrogen) atoms. The van der Waals surface area contributed by atoms with Crippen molar-refractivity contribution in [1.82, 2.24) is 11.1 Å². The maximum absolute atomic E-state index is 3.76. The number of benzene rings is 2. The highest BCUT2D eigenvalue weighted by Crippen LogP contribution is 2.36. The smallest absolute Gasteiger partial charge is 0.0500 e. The standard InChI is InChI=1S/C29H43N.H3N/c1-3-5-7-9-11-13-18-24(19-14-12-10-8-6-4-2)25-21-17-22-27-26-20-15-16-23-28(26)30-29(25)27;/h15-17,20-24,30H,3-14,18-19H2,1-2H3;1H3. The number of rotatable bonds is 15. The van der Waals surface area contributed by atoms with E-state index in [0.29, 0.717) is 5.92 Å². The van der Waals surface area contributed by atoms with Crippen LogP contribution in [0.5, 0.6) is 0 Å². The summed E-state index contributed by atoms with van der Waals surface area (Å²) in [4.78, 5) is 3.76. The van der Waals surface area contributed by atoms with Crippen molar-refractivity contribution in [2.75, 3.05) is 0 Å². The lowest BCUT2D eigenvalue weighted by molar-refractivity contribution is 0.488. The first-order chi connectivity index (χ1) is 14.8. The first kappa shape index (κ1) is 25.5. The molecule has 1 aromatic heterocycles. The summed E-state index contributed by atoms with van der Waals surface area (Å²) < 4.78 is 0. The molecule has 2 nitrogen and oxygen atoms in total. The molecule has 1 heterocycles. The van der Waals surface area contributed by atoms with Crippen LogP contribution >= 0.6 is 0 Å². The summed E-state index contributed by atoms with van der Waals surface area (Å²) in [5.41, 5.74) is 4.23. The molecule has 0 fully saturated rings. The summed E-state index contributed by atoms with van der Waals surface area (Å²) in [6, 6.07) is 15.8. The molecule has 0 amide bonds. The van der Waals surface area contributed by atoms with Crippen LogP contribution in [0, 0.1) is 0 Å². The molecule has 0 aliphatic heterocycles. The van der Waals surface area contributed by atoms with Crippen molar-refractivity contribution in [3.05, 3.63) is 48.0 Å². The van der Waals surface area contributed by atoms with E-state index in [-0.39, 0.29) is 6.15 Å². The van der Waals surface area contributed by atoms with Crippen molar-refractivity contribution in [2.45, 2.75) is 110 Å². The second-order valence-corrected chi connectivity index (χ2v) is 9.25. The van der Waals surface area contributed by atoms with Gasteiger partial charge in [-0.15, -0.1) is 0 Å². The number of nitrogens with one attached hydrogen (secondary N) is 1. The van der Waals surface area contributed by atoms with Crippen LogP contribution in [-0.4, -0.2) is 4.98 Å². The fourth-order valence-electron chi connectivity index (χ4n) is 5.03. The predicted molar refractivity (Wildman–Crippen MR) is 140 cm³/mol. The Kier molecular flexibility index (Phi) is 11.7. The van der Waals surface area contributed by atoms with Gasteiger partial charge in [-0.2, -0.15) is 0 Å². The molecule has 2 heteroatoms. The SMILES string of the molecule is CCCCCCCCC(CCCCCCCC)c1cccc2c1[nH]c1ccccc12.N. The van der Waals surface area contributed by atoms with E-state index in [0.717, 1.165) is 0 Å². The summed E-state index contributed by atoms with van der Waals surface area (Å²) in [7, 11) is 0. The van der Waals surface area contributed by atoms with Gasteiger partial charge in [0.1, 0.15) is 0 Å². The predicted octanol–water partition coefficient (Wildman–Crippen LogP) is 10.1. The molecular formula is C29H46N2. The second-order valence-electron chi connectivity index (χ2n) is 9.25. The van der Waals surface area contributed by atoms with Crippen molar-refractivity contribution in [2.24, 2.45) is 0 Å². The van der Waals surface area contributed by atoms with E-state index in [4.69, 9.17) is 0 Å². The number of H-pyrrole nitrogens is 1. The first-order valence-electron chi connectivity index (χ1n) is 12.8. The molecule has 0 atom stereocenters. The lowest BCUT2D eigenvalue weighted by Crippen LogP contribution is -2.01. The minimum Gasteiger partial charge on any atom is -0.354 e. The summed E-state index contributed by atoms with van der Waals surface area (Å²) >= 11 is 0. The van der Waals surface area contributed by atoms with Crippen LogP contribution < -0.4 is 6.15 Å². The van der Waals surface area contributed by atoms with E-state index < -0.39 is 0 Å². The highest BCUT2D eigenvalue weighted by Gasteiger charge is 2.16. The van der Waals surface area contributed by atoms with Gasteiger partial charge in [-0.05, 0) is 30.4 Å². The Labute approximate surface area is 190 Å². The molecule has 3 rings (SSSR count). The molecule has 0 spiro atoms. The number of unbranched alkanes of at least 4 members (excludes halogenated alkanes) is 10. The van der Waals surface area contributed by atoms with Crippen LogP contribution in [0.2, 0.25) is 0 Å². The number of fused-ring (bicyclic) bond motifs is 3. The van der Waals surface area contributed by atoms with Gasteiger partial charge in [0.05, 0.1) is 0 Å². The van der Waals surface area contributed by atoms with Crippen LogP contribution in [0.1, 0.15) is 115 Å². The zero-order valence-corrected chi connectivity index (χ0v) is 20.2. The van der Waals surface area contributed by atoms with E-state index in [1.54, 1.807) is 5.56 Å². The Hall–Kier alpha value is -1.80. The topological polar surface area (TPSA) is 50.8 Å². The van der Waals surface area contributed by atoms with Crippen LogP contribution in [0.4, 0.5) is 0 Å². The molecule has 0 saturated carbocycles. The number of para-hydroxylation sites is 2. The number of aromatic nitrogens is 1. The first-order valence-corrected chi connectivity index (χ1v) is 12.8. The highest BCUT2D eigenvalue weighted by molar-refractivity contribution is 6.08. The number of hydrogen-bond acceptors (Lipinski definition) is 1. The minimum atomic E-state index is 0. The largest absolute Gasteiger partial charge is 0.354 e. The van der Waals surface area contributed by atoms with Crippen molar-refractivity contribution in [3.63, 3.8) is 0 Å². The van der Waals surface area contributed by atoms with Gasteiger partial charge in [-0.25, -0.2) is 0 Å². The van der Waals surface area contributed by atoms with Crippen molar-refractivity contribution in [3.8, 4) is 0 Å². The highest BCUT2D eigenvalue weighted by atomic mass is 14.7. The fourth-order valence-corrected chi connectivity index (χ4v) is 5.03. The zero-order valence-electron chi connectivity index (χ0n) is 20.2. The quantitative estimate of drug-likeness (QED) is 0.235. The van der Waals surface area contributed by atoms with Crippen LogP contribution in [0.3, 0.4) is 0 Å². The molecule has 0 radical (unpaired) electrons. The van der Waals surface area contributed by atoms with Crippen LogP contribution in [-0.2, 0) is 0 Å². The molecule has 172 valence electrons. The normalized spacial score (nSPS) is 11.5. The Morgan fingerprint density at radius 1 is 0.613 bits per heavy atom. The Morgan fingerprint density at radius 3 is 1.81 bits per heavy atom. The lowest BCUT2D eigenvalue weighted by atomic mass is 9.87. The Bertz CT molecular complexity index is 847. The van der Waals surface area contributed by atoms with Gasteiger partial charge >= 0.3 is 0 Å². The molecule has 3 aromatic rings. The van der Waals surface area contributed by atoms with Gasteiger partial charge in [0.15, 0.2) is 0 Å². The van der Waals surface area contributed by atoms with E-state index in [1.807, 2.05) is 0 Å². The molecule has 0 unspecified atom stereocenters. The third-order valence-corrected chi connectivity index (χ3v) is 6.83. The van der Waals surface area contributed by atoms with E-state index in [1.165, 1.54) is 112 Å².